The maximum absolute atomic E-state index is 13.5. The van der Waals surface area contributed by atoms with Gasteiger partial charge in [-0.05, 0) is 35.9 Å². The first-order valence-corrected chi connectivity index (χ1v) is 13.8. The van der Waals surface area contributed by atoms with Crippen molar-refractivity contribution < 1.29 is 12.8 Å². The zero-order chi connectivity index (χ0) is 23.9. The van der Waals surface area contributed by atoms with Gasteiger partial charge in [-0.2, -0.15) is 4.39 Å². The van der Waals surface area contributed by atoms with Crippen LogP contribution in [-0.4, -0.2) is 76.8 Å². The minimum atomic E-state index is -2.94. The highest BCUT2D eigenvalue weighted by Crippen LogP contribution is 2.44. The van der Waals surface area contributed by atoms with Gasteiger partial charge in [0.1, 0.15) is 5.82 Å². The number of aromatic nitrogens is 4. The molecule has 0 radical (unpaired) electrons. The maximum atomic E-state index is 13.5. The van der Waals surface area contributed by atoms with Gasteiger partial charge >= 0.3 is 0 Å². The third-order valence-electron chi connectivity index (χ3n) is 7.53. The summed E-state index contributed by atoms with van der Waals surface area (Å²) < 4.78 is 39.2. The minimum absolute atomic E-state index is 0.0248. The van der Waals surface area contributed by atoms with Crippen molar-refractivity contribution in [3.63, 3.8) is 0 Å². The summed E-state index contributed by atoms with van der Waals surface area (Å²) in [5.74, 6) is 2.15. The molecule has 3 aromatic rings. The molecule has 6 heterocycles. The van der Waals surface area contributed by atoms with Crippen LogP contribution >= 0.6 is 11.6 Å². The molecule has 0 aliphatic carbocycles. The SMILES string of the molecule is O=S1(=O)CC(N2Cc3cc(Cl)ccc3-n3c(nnc3N3CC4(CN(c5cccc(F)n5)C4)C3)C2)C1. The lowest BCUT2D eigenvalue weighted by Gasteiger charge is -2.60. The molecule has 35 heavy (non-hydrogen) atoms. The summed E-state index contributed by atoms with van der Waals surface area (Å²) in [6.07, 6.45) is 0. The first-order valence-electron chi connectivity index (χ1n) is 11.6. The number of sulfone groups is 1. The number of pyridine rings is 1. The van der Waals surface area contributed by atoms with Crippen LogP contribution in [0, 0.1) is 11.4 Å². The van der Waals surface area contributed by atoms with Crippen LogP contribution in [0.5, 0.6) is 0 Å². The first kappa shape index (κ1) is 21.5. The van der Waals surface area contributed by atoms with Gasteiger partial charge in [0.2, 0.25) is 11.9 Å². The molecule has 2 aromatic heterocycles. The number of benzene rings is 1. The molecule has 0 N–H and O–H groups in total. The van der Waals surface area contributed by atoms with Crippen molar-refractivity contribution in [1.29, 1.82) is 0 Å². The number of nitrogens with zero attached hydrogens (tertiary/aromatic N) is 7. The Kier molecular flexibility index (Phi) is 4.53. The van der Waals surface area contributed by atoms with Gasteiger partial charge in [0, 0.05) is 49.2 Å². The zero-order valence-electron chi connectivity index (χ0n) is 18.8. The van der Waals surface area contributed by atoms with Gasteiger partial charge in [0.15, 0.2) is 15.7 Å². The van der Waals surface area contributed by atoms with Crippen LogP contribution in [-0.2, 0) is 22.9 Å². The van der Waals surface area contributed by atoms with Crippen LogP contribution in [0.4, 0.5) is 16.2 Å². The second kappa shape index (κ2) is 7.37. The van der Waals surface area contributed by atoms with Crippen molar-refractivity contribution in [3.8, 4) is 5.69 Å². The Morgan fingerprint density at radius 3 is 2.51 bits per heavy atom. The molecule has 182 valence electrons. The zero-order valence-corrected chi connectivity index (χ0v) is 20.4. The van der Waals surface area contributed by atoms with E-state index in [1.165, 1.54) is 6.07 Å². The molecule has 4 aliphatic rings. The van der Waals surface area contributed by atoms with Gasteiger partial charge in [0.05, 0.1) is 23.7 Å². The number of hydrogen-bond donors (Lipinski definition) is 0. The lowest BCUT2D eigenvalue weighted by molar-refractivity contribution is 0.153. The van der Waals surface area contributed by atoms with Gasteiger partial charge in [-0.15, -0.1) is 10.2 Å². The van der Waals surface area contributed by atoms with E-state index in [2.05, 4.69) is 34.4 Å². The standard InChI is InChI=1S/C23H23ClFN7O2S/c24-16-4-5-18-15(6-16)7-29(17-9-35(33,34)10-17)8-21-27-28-22(32(18)21)31-13-23(14-31)11-30(12-23)20-3-1-2-19(25)26-20/h1-6,17H,7-14H2. The van der Waals surface area contributed by atoms with Crippen molar-refractivity contribution in [3.05, 3.63) is 58.8 Å². The van der Waals surface area contributed by atoms with Crippen LogP contribution < -0.4 is 9.80 Å². The van der Waals surface area contributed by atoms with E-state index in [0.29, 0.717) is 23.9 Å². The third-order valence-corrected chi connectivity index (χ3v) is 9.56. The van der Waals surface area contributed by atoms with Gasteiger partial charge in [-0.3, -0.25) is 9.47 Å². The lowest BCUT2D eigenvalue weighted by atomic mass is 9.73. The topological polar surface area (TPSA) is 87.5 Å². The molecule has 7 rings (SSSR count). The van der Waals surface area contributed by atoms with Crippen LogP contribution in [0.15, 0.2) is 36.4 Å². The number of halogens is 2. The van der Waals surface area contributed by atoms with Gasteiger partial charge in [-0.25, -0.2) is 13.4 Å². The number of rotatable bonds is 3. The second-order valence-electron chi connectivity index (χ2n) is 10.2. The Morgan fingerprint density at radius 1 is 1.00 bits per heavy atom. The molecule has 0 saturated carbocycles. The van der Waals surface area contributed by atoms with E-state index in [0.717, 1.165) is 49.2 Å². The van der Waals surface area contributed by atoms with Crippen LogP contribution in [0.2, 0.25) is 5.02 Å². The van der Waals surface area contributed by atoms with Crippen molar-refractivity contribution in [1.82, 2.24) is 24.6 Å². The maximum Gasteiger partial charge on any atom is 0.231 e. The molecule has 3 saturated heterocycles. The third kappa shape index (κ3) is 3.51. The average Bonchev–Trinajstić information content (AvgIpc) is 3.05. The Hall–Kier alpha value is -2.76. The fourth-order valence-corrected chi connectivity index (χ4v) is 7.52. The lowest BCUT2D eigenvalue weighted by Crippen LogP contribution is -2.73. The molecule has 1 aromatic carbocycles. The molecule has 3 fully saturated rings. The Labute approximate surface area is 207 Å². The molecule has 0 atom stereocenters. The molecule has 4 aliphatic heterocycles. The molecule has 12 heteroatoms. The minimum Gasteiger partial charge on any atom is -0.355 e. The van der Waals surface area contributed by atoms with E-state index in [1.807, 2.05) is 24.3 Å². The fourth-order valence-electron chi connectivity index (χ4n) is 5.83. The highest BCUT2D eigenvalue weighted by Gasteiger charge is 2.53. The number of hydrogen-bond acceptors (Lipinski definition) is 8. The summed E-state index contributed by atoms with van der Waals surface area (Å²) in [6, 6.07) is 10.7. The van der Waals surface area contributed by atoms with E-state index >= 15 is 0 Å². The molecule has 0 amide bonds. The molecule has 9 nitrogen and oxygen atoms in total. The quantitative estimate of drug-likeness (QED) is 0.489. The predicted octanol–water partition coefficient (Wildman–Crippen LogP) is 1.89. The molecule has 0 bridgehead atoms. The number of anilines is 2. The van der Waals surface area contributed by atoms with Crippen molar-refractivity contribution in [2.24, 2.45) is 5.41 Å². The largest absolute Gasteiger partial charge is 0.355 e. The summed E-state index contributed by atoms with van der Waals surface area (Å²) in [5.41, 5.74) is 2.15. The van der Waals surface area contributed by atoms with E-state index in [4.69, 9.17) is 11.6 Å². The highest BCUT2D eigenvalue weighted by molar-refractivity contribution is 7.92. The monoisotopic (exact) mass is 515 g/mol. The van der Waals surface area contributed by atoms with E-state index in [1.54, 1.807) is 6.07 Å². The molecular formula is C23H23ClFN7O2S. The predicted molar refractivity (Wildman–Crippen MR) is 129 cm³/mol. The Bertz CT molecular complexity index is 1440. The Balaban J connectivity index is 1.14. The van der Waals surface area contributed by atoms with E-state index in [-0.39, 0.29) is 23.0 Å². The summed E-state index contributed by atoms with van der Waals surface area (Å²) in [4.78, 5) is 10.5. The van der Waals surface area contributed by atoms with Gasteiger partial charge in [0.25, 0.3) is 0 Å². The van der Waals surface area contributed by atoms with E-state index in [9.17, 15) is 12.8 Å². The summed E-state index contributed by atoms with van der Waals surface area (Å²) >= 11 is 6.33. The summed E-state index contributed by atoms with van der Waals surface area (Å²) in [6.45, 7) is 4.47. The Morgan fingerprint density at radius 2 is 1.77 bits per heavy atom. The van der Waals surface area contributed by atoms with Crippen molar-refractivity contribution in [2.75, 3.05) is 47.5 Å². The van der Waals surface area contributed by atoms with Crippen molar-refractivity contribution in [2.45, 2.75) is 19.1 Å². The second-order valence-corrected chi connectivity index (χ2v) is 12.8. The summed E-state index contributed by atoms with van der Waals surface area (Å²) in [5, 5.41) is 9.71. The van der Waals surface area contributed by atoms with Gasteiger partial charge in [-0.1, -0.05) is 17.7 Å². The first-order chi connectivity index (χ1) is 16.8. The normalized spacial score (nSPS) is 22.6. The summed E-state index contributed by atoms with van der Waals surface area (Å²) in [7, 11) is -2.94. The fraction of sp³-hybridized carbons (Fsp3) is 0.435. The van der Waals surface area contributed by atoms with Gasteiger partial charge < -0.3 is 9.80 Å². The van der Waals surface area contributed by atoms with Crippen molar-refractivity contribution >= 4 is 33.2 Å². The highest BCUT2D eigenvalue weighted by atomic mass is 35.5. The average molecular weight is 516 g/mol. The molecular weight excluding hydrogens is 493 g/mol. The number of fused-ring (bicyclic) bond motifs is 3. The van der Waals surface area contributed by atoms with Crippen LogP contribution in [0.1, 0.15) is 11.4 Å². The van der Waals surface area contributed by atoms with Crippen LogP contribution in [0.25, 0.3) is 5.69 Å². The van der Waals surface area contributed by atoms with E-state index < -0.39 is 15.8 Å². The van der Waals surface area contributed by atoms with Crippen LogP contribution in [0.3, 0.4) is 0 Å². The molecule has 1 spiro atoms. The smallest absolute Gasteiger partial charge is 0.231 e. The molecule has 0 unspecified atom stereocenters.